The fraction of sp³-hybridized carbons (Fsp3) is 0.440. The molecule has 1 heterocycles. The predicted octanol–water partition coefficient (Wildman–Crippen LogP) is 6.62. The van der Waals surface area contributed by atoms with Gasteiger partial charge >= 0.3 is 7.82 Å². The van der Waals surface area contributed by atoms with Gasteiger partial charge in [-0.3, -0.25) is 9.42 Å². The van der Waals surface area contributed by atoms with Gasteiger partial charge < -0.3 is 9.26 Å². The normalized spacial score (nSPS) is 31.7. The van der Waals surface area contributed by atoms with E-state index in [0.717, 1.165) is 58.4 Å². The molecule has 0 saturated heterocycles. The lowest BCUT2D eigenvalue weighted by molar-refractivity contribution is -0.0877. The van der Waals surface area contributed by atoms with Crippen molar-refractivity contribution in [3.8, 4) is 5.75 Å². The number of fused-ring (bicyclic) bond motifs is 2. The molecule has 0 radical (unpaired) electrons. The van der Waals surface area contributed by atoms with E-state index in [4.69, 9.17) is 13.8 Å². The molecule has 2 aromatic carbocycles. The maximum Gasteiger partial charge on any atom is 0.527 e. The second-order valence-corrected chi connectivity index (χ2v) is 11.9. The van der Waals surface area contributed by atoms with Gasteiger partial charge in [-0.05, 0) is 85.6 Å². The zero-order chi connectivity index (χ0) is 21.9. The molecule has 0 amide bonds. The summed E-state index contributed by atoms with van der Waals surface area (Å²) in [5.74, 6) is 3.34. The predicted molar refractivity (Wildman–Crippen MR) is 124 cm³/mol. The van der Waals surface area contributed by atoms with Crippen molar-refractivity contribution in [2.45, 2.75) is 48.0 Å². The molecule has 0 spiro atoms. The van der Waals surface area contributed by atoms with Crippen molar-refractivity contribution in [2.24, 2.45) is 23.7 Å². The highest BCUT2D eigenvalue weighted by atomic mass is 32.2. The highest BCUT2D eigenvalue weighted by molar-refractivity contribution is 7.99. The highest BCUT2D eigenvalue weighted by Crippen LogP contribution is 2.60. The minimum Gasteiger partial charge on any atom is -0.496 e. The van der Waals surface area contributed by atoms with Gasteiger partial charge in [-0.25, -0.2) is 4.57 Å². The smallest absolute Gasteiger partial charge is 0.496 e. The van der Waals surface area contributed by atoms with Gasteiger partial charge in [-0.1, -0.05) is 36.0 Å². The number of benzene rings is 2. The van der Waals surface area contributed by atoms with Crippen LogP contribution in [-0.2, 0) is 13.6 Å². The average Bonchev–Trinajstić information content (AvgIpc) is 2.92. The number of hydrogen-bond donors (Lipinski definition) is 1. The van der Waals surface area contributed by atoms with Crippen molar-refractivity contribution in [1.82, 2.24) is 0 Å². The summed E-state index contributed by atoms with van der Waals surface area (Å²) in [5.41, 5.74) is 1.66. The van der Waals surface area contributed by atoms with Gasteiger partial charge in [-0.2, -0.15) is 0 Å². The van der Waals surface area contributed by atoms with Crippen LogP contribution < -0.4 is 4.74 Å². The van der Waals surface area contributed by atoms with Crippen LogP contribution in [0.1, 0.15) is 43.2 Å². The lowest BCUT2D eigenvalue weighted by Gasteiger charge is -2.53. The number of methoxy groups -OCH3 is 1. The average molecular weight is 471 g/mol. The van der Waals surface area contributed by atoms with E-state index in [2.05, 4.69) is 0 Å². The third kappa shape index (κ3) is 3.71. The van der Waals surface area contributed by atoms with Gasteiger partial charge in [0.25, 0.3) is 0 Å². The molecule has 5 aliphatic rings. The third-order valence-corrected chi connectivity index (χ3v) is 9.64. The Hall–Kier alpha value is -1.72. The molecular weight excluding hydrogens is 443 g/mol. The van der Waals surface area contributed by atoms with Crippen LogP contribution in [0.2, 0.25) is 0 Å². The molecule has 32 heavy (non-hydrogen) atoms. The number of phosphoric ester groups is 1. The first kappa shape index (κ1) is 20.9. The van der Waals surface area contributed by atoms with Crippen LogP contribution in [0.4, 0.5) is 0 Å². The fourth-order valence-electron chi connectivity index (χ4n) is 6.42. The number of hydrogen-bond acceptors (Lipinski definition) is 5. The topological polar surface area (TPSA) is 65.0 Å². The molecule has 5 nitrogen and oxygen atoms in total. The monoisotopic (exact) mass is 470 g/mol. The van der Waals surface area contributed by atoms with Crippen molar-refractivity contribution in [3.05, 3.63) is 53.6 Å². The first-order chi connectivity index (χ1) is 15.5. The second kappa shape index (κ2) is 7.95. The summed E-state index contributed by atoms with van der Waals surface area (Å²) in [4.78, 5) is 12.8. The molecule has 4 fully saturated rings. The molecule has 4 saturated carbocycles. The first-order valence-electron chi connectivity index (χ1n) is 11.4. The second-order valence-electron chi connectivity index (χ2n) is 9.55. The van der Waals surface area contributed by atoms with Crippen LogP contribution >= 0.6 is 19.6 Å². The van der Waals surface area contributed by atoms with Crippen molar-refractivity contribution >= 4 is 31.4 Å². The molecule has 4 bridgehead atoms. The zero-order valence-corrected chi connectivity index (χ0v) is 19.7. The van der Waals surface area contributed by atoms with Gasteiger partial charge in [0.15, 0.2) is 0 Å². The van der Waals surface area contributed by atoms with Crippen LogP contribution in [0.3, 0.4) is 0 Å². The Morgan fingerprint density at radius 1 is 0.969 bits per heavy atom. The fourth-order valence-corrected chi connectivity index (χ4v) is 8.66. The SMILES string of the molecule is COc1cccc2c1Sc1ccccc1C=C2OP(=O)(O)OC1C2CC3CC(C2)CC1C3. The molecule has 1 N–H and O–H groups in total. The number of rotatable bonds is 5. The number of phosphoric acid groups is 1. The van der Waals surface area contributed by atoms with Crippen LogP contribution in [0.25, 0.3) is 11.8 Å². The minimum absolute atomic E-state index is 0.184. The van der Waals surface area contributed by atoms with Crippen LogP contribution in [0.5, 0.6) is 5.75 Å². The van der Waals surface area contributed by atoms with Crippen LogP contribution in [0.15, 0.2) is 52.3 Å². The summed E-state index contributed by atoms with van der Waals surface area (Å²) >= 11 is 1.57. The Bertz CT molecular complexity index is 1100. The highest BCUT2D eigenvalue weighted by Gasteiger charge is 2.51. The van der Waals surface area contributed by atoms with E-state index in [-0.39, 0.29) is 6.10 Å². The molecule has 1 unspecified atom stereocenters. The molecule has 7 rings (SSSR count). The molecular formula is C25H27O5PS. The van der Waals surface area contributed by atoms with Crippen molar-refractivity contribution in [1.29, 1.82) is 0 Å². The van der Waals surface area contributed by atoms with E-state index in [1.54, 1.807) is 18.9 Å². The van der Waals surface area contributed by atoms with Gasteiger partial charge in [0.1, 0.15) is 11.5 Å². The van der Waals surface area contributed by atoms with E-state index in [9.17, 15) is 9.46 Å². The molecule has 168 valence electrons. The zero-order valence-electron chi connectivity index (χ0n) is 18.0. The third-order valence-electron chi connectivity index (χ3n) is 7.49. The summed E-state index contributed by atoms with van der Waals surface area (Å²) in [7, 11) is -2.69. The lowest BCUT2D eigenvalue weighted by Crippen LogP contribution is -2.49. The maximum atomic E-state index is 13.3. The quantitative estimate of drug-likeness (QED) is 0.496. The Balaban J connectivity index is 1.32. The van der Waals surface area contributed by atoms with Gasteiger partial charge in [0.2, 0.25) is 0 Å². The maximum absolute atomic E-state index is 13.3. The first-order valence-corrected chi connectivity index (χ1v) is 13.7. The molecule has 2 aromatic rings. The minimum atomic E-state index is -4.32. The van der Waals surface area contributed by atoms with Crippen LogP contribution in [0, 0.1) is 23.7 Å². The Labute approximate surface area is 192 Å². The Kier molecular flexibility index (Phi) is 5.18. The summed E-state index contributed by atoms with van der Waals surface area (Å²) in [6.45, 7) is 0. The molecule has 4 aliphatic carbocycles. The van der Waals surface area contributed by atoms with Crippen molar-refractivity contribution < 1.29 is 23.2 Å². The van der Waals surface area contributed by atoms with Crippen LogP contribution in [-0.4, -0.2) is 18.1 Å². The number of ether oxygens (including phenoxy) is 1. The molecule has 7 heteroatoms. The van der Waals surface area contributed by atoms with Crippen molar-refractivity contribution in [2.75, 3.05) is 7.11 Å². The summed E-state index contributed by atoms with van der Waals surface area (Å²) < 4.78 is 30.6. The van der Waals surface area contributed by atoms with E-state index < -0.39 is 7.82 Å². The molecule has 0 aromatic heterocycles. The molecule has 1 atom stereocenters. The standard InChI is InChI=1S/C25H27O5PS/c1-28-21-7-4-6-20-22(14-17-5-2-3-8-23(17)32-25(20)21)29-31(26,27)30-24-18-10-15-9-16(12-18)13-19(24)11-15/h2-8,14-16,18-19,24H,9-13H2,1H3,(H,26,27). The summed E-state index contributed by atoms with van der Waals surface area (Å²) in [6.07, 6.45) is 7.44. The Morgan fingerprint density at radius 2 is 1.69 bits per heavy atom. The van der Waals surface area contributed by atoms with Gasteiger partial charge in [0, 0.05) is 10.5 Å². The van der Waals surface area contributed by atoms with Crippen molar-refractivity contribution in [3.63, 3.8) is 0 Å². The van der Waals surface area contributed by atoms with E-state index in [1.807, 2.05) is 48.5 Å². The Morgan fingerprint density at radius 3 is 2.41 bits per heavy atom. The summed E-state index contributed by atoms with van der Waals surface area (Å²) in [6, 6.07) is 13.6. The van der Waals surface area contributed by atoms with E-state index >= 15 is 0 Å². The summed E-state index contributed by atoms with van der Waals surface area (Å²) in [5, 5.41) is 0. The van der Waals surface area contributed by atoms with E-state index in [1.165, 1.54) is 6.42 Å². The van der Waals surface area contributed by atoms with Gasteiger partial charge in [-0.15, -0.1) is 0 Å². The molecule has 1 aliphatic heterocycles. The van der Waals surface area contributed by atoms with E-state index in [0.29, 0.717) is 23.3 Å². The lowest BCUT2D eigenvalue weighted by atomic mass is 9.55. The largest absolute Gasteiger partial charge is 0.527 e. The van der Waals surface area contributed by atoms with Gasteiger partial charge in [0.05, 0.1) is 18.1 Å².